The quantitative estimate of drug-likeness (QED) is 0.861. The molecule has 1 atom stereocenters. The van der Waals surface area contributed by atoms with Gasteiger partial charge in [-0.25, -0.2) is 0 Å². The summed E-state index contributed by atoms with van der Waals surface area (Å²) in [5.74, 6) is 0.384. The third-order valence-corrected chi connectivity index (χ3v) is 3.44. The van der Waals surface area contributed by atoms with E-state index in [4.69, 9.17) is 11.6 Å². The van der Waals surface area contributed by atoms with Gasteiger partial charge in [0, 0.05) is 6.54 Å². The van der Waals surface area contributed by atoms with Gasteiger partial charge in [-0.15, -0.1) is 0 Å². The molecule has 4 heteroatoms. The van der Waals surface area contributed by atoms with Crippen LogP contribution in [0.25, 0.3) is 0 Å². The van der Waals surface area contributed by atoms with E-state index < -0.39 is 6.10 Å². The molecule has 1 aromatic rings. The second kappa shape index (κ2) is 4.54. The molecule has 1 saturated carbocycles. The highest BCUT2D eigenvalue weighted by molar-refractivity contribution is 6.31. The Bertz CT molecular complexity index is 333. The Hall–Kier alpha value is -0.540. The molecule has 0 aromatic carbocycles. The summed E-state index contributed by atoms with van der Waals surface area (Å²) in [6.07, 6.45) is 5.64. The SMILES string of the molecule is CCCn1ncc(Cl)c1C(O)C1CCC1. The summed E-state index contributed by atoms with van der Waals surface area (Å²) in [7, 11) is 0. The van der Waals surface area contributed by atoms with Crippen LogP contribution in [0.4, 0.5) is 0 Å². The van der Waals surface area contributed by atoms with E-state index in [9.17, 15) is 5.11 Å². The highest BCUT2D eigenvalue weighted by Crippen LogP contribution is 2.39. The molecule has 2 rings (SSSR count). The highest BCUT2D eigenvalue weighted by atomic mass is 35.5. The van der Waals surface area contributed by atoms with Gasteiger partial charge in [-0.3, -0.25) is 4.68 Å². The number of aryl methyl sites for hydroxylation is 1. The smallest absolute Gasteiger partial charge is 0.0999 e. The van der Waals surface area contributed by atoms with Crippen molar-refractivity contribution in [1.29, 1.82) is 0 Å². The number of hydrogen-bond acceptors (Lipinski definition) is 2. The van der Waals surface area contributed by atoms with Crippen LogP contribution in [-0.2, 0) is 6.54 Å². The van der Waals surface area contributed by atoms with Gasteiger partial charge in [-0.05, 0) is 25.2 Å². The van der Waals surface area contributed by atoms with Crippen molar-refractivity contribution < 1.29 is 5.11 Å². The van der Waals surface area contributed by atoms with Gasteiger partial charge >= 0.3 is 0 Å². The summed E-state index contributed by atoms with van der Waals surface area (Å²) in [6.45, 7) is 2.92. The number of rotatable bonds is 4. The second-order valence-corrected chi connectivity index (χ2v) is 4.64. The minimum absolute atomic E-state index is 0.384. The first-order valence-electron chi connectivity index (χ1n) is 5.63. The molecule has 0 bridgehead atoms. The van der Waals surface area contributed by atoms with Crippen LogP contribution in [0.2, 0.25) is 5.02 Å². The van der Waals surface area contributed by atoms with Crippen molar-refractivity contribution >= 4 is 11.6 Å². The number of hydrogen-bond donors (Lipinski definition) is 1. The van der Waals surface area contributed by atoms with Crippen LogP contribution in [-0.4, -0.2) is 14.9 Å². The molecule has 1 heterocycles. The lowest BCUT2D eigenvalue weighted by atomic mass is 9.80. The summed E-state index contributed by atoms with van der Waals surface area (Å²) in [5.41, 5.74) is 0.809. The van der Waals surface area contributed by atoms with Crippen molar-refractivity contribution in [3.05, 3.63) is 16.9 Å². The maximum Gasteiger partial charge on any atom is 0.0999 e. The molecule has 1 N–H and O–H groups in total. The van der Waals surface area contributed by atoms with Crippen molar-refractivity contribution in [1.82, 2.24) is 9.78 Å². The monoisotopic (exact) mass is 228 g/mol. The fraction of sp³-hybridized carbons (Fsp3) is 0.727. The molecule has 15 heavy (non-hydrogen) atoms. The molecule has 1 aliphatic rings. The lowest BCUT2D eigenvalue weighted by molar-refractivity contribution is 0.0547. The Morgan fingerprint density at radius 1 is 1.67 bits per heavy atom. The zero-order valence-corrected chi connectivity index (χ0v) is 9.74. The van der Waals surface area contributed by atoms with Gasteiger partial charge in [-0.1, -0.05) is 24.9 Å². The van der Waals surface area contributed by atoms with E-state index >= 15 is 0 Å². The molecular weight excluding hydrogens is 212 g/mol. The normalized spacial score (nSPS) is 18.9. The molecule has 1 unspecified atom stereocenters. The van der Waals surface area contributed by atoms with E-state index in [0.717, 1.165) is 31.5 Å². The third-order valence-electron chi connectivity index (χ3n) is 3.15. The zero-order valence-electron chi connectivity index (χ0n) is 8.99. The van der Waals surface area contributed by atoms with Crippen LogP contribution >= 0.6 is 11.6 Å². The van der Waals surface area contributed by atoms with Crippen LogP contribution in [0.15, 0.2) is 6.20 Å². The number of aliphatic hydroxyl groups is 1. The van der Waals surface area contributed by atoms with E-state index in [1.807, 2.05) is 4.68 Å². The Labute approximate surface area is 95.0 Å². The largest absolute Gasteiger partial charge is 0.386 e. The van der Waals surface area contributed by atoms with Crippen molar-refractivity contribution in [2.45, 2.75) is 45.3 Å². The van der Waals surface area contributed by atoms with Crippen molar-refractivity contribution in [3.63, 3.8) is 0 Å². The Kier molecular flexibility index (Phi) is 3.32. The van der Waals surface area contributed by atoms with E-state index in [-0.39, 0.29) is 0 Å². The van der Waals surface area contributed by atoms with Gasteiger partial charge in [0.2, 0.25) is 0 Å². The van der Waals surface area contributed by atoms with E-state index in [2.05, 4.69) is 12.0 Å². The molecule has 1 fully saturated rings. The fourth-order valence-electron chi connectivity index (χ4n) is 2.03. The molecule has 0 saturated heterocycles. The minimum Gasteiger partial charge on any atom is -0.386 e. The van der Waals surface area contributed by atoms with Gasteiger partial charge in [-0.2, -0.15) is 5.10 Å². The predicted molar refractivity (Wildman–Crippen MR) is 59.8 cm³/mol. The summed E-state index contributed by atoms with van der Waals surface area (Å²) in [6, 6.07) is 0. The van der Waals surface area contributed by atoms with Crippen molar-refractivity contribution in [2.75, 3.05) is 0 Å². The van der Waals surface area contributed by atoms with Gasteiger partial charge in [0.25, 0.3) is 0 Å². The number of halogens is 1. The lowest BCUT2D eigenvalue weighted by Gasteiger charge is -2.30. The molecular formula is C11H17ClN2O. The van der Waals surface area contributed by atoms with Crippen LogP contribution < -0.4 is 0 Å². The first kappa shape index (κ1) is 11.0. The van der Waals surface area contributed by atoms with Crippen LogP contribution in [0.1, 0.15) is 44.4 Å². The molecule has 1 aliphatic carbocycles. The van der Waals surface area contributed by atoms with Crippen molar-refractivity contribution in [2.24, 2.45) is 5.92 Å². The number of aliphatic hydroxyl groups excluding tert-OH is 1. The van der Waals surface area contributed by atoms with Crippen molar-refractivity contribution in [3.8, 4) is 0 Å². The average Bonchev–Trinajstić information content (AvgIpc) is 2.45. The topological polar surface area (TPSA) is 38.0 Å². The lowest BCUT2D eigenvalue weighted by Crippen LogP contribution is -2.23. The Morgan fingerprint density at radius 3 is 2.93 bits per heavy atom. The molecule has 0 amide bonds. The van der Waals surface area contributed by atoms with Crippen LogP contribution in [0.3, 0.4) is 0 Å². The maximum absolute atomic E-state index is 10.2. The zero-order chi connectivity index (χ0) is 10.8. The summed E-state index contributed by atoms with van der Waals surface area (Å²) >= 11 is 6.06. The minimum atomic E-state index is -0.430. The number of nitrogens with zero attached hydrogens (tertiary/aromatic N) is 2. The van der Waals surface area contributed by atoms with E-state index in [1.54, 1.807) is 6.20 Å². The van der Waals surface area contributed by atoms with Crippen LogP contribution in [0, 0.1) is 5.92 Å². The average molecular weight is 229 g/mol. The summed E-state index contributed by atoms with van der Waals surface area (Å²) in [4.78, 5) is 0. The molecule has 0 radical (unpaired) electrons. The summed E-state index contributed by atoms with van der Waals surface area (Å²) in [5, 5.41) is 15.0. The Morgan fingerprint density at radius 2 is 2.40 bits per heavy atom. The third kappa shape index (κ3) is 2.04. The second-order valence-electron chi connectivity index (χ2n) is 4.24. The van der Waals surface area contributed by atoms with E-state index in [1.165, 1.54) is 6.42 Å². The van der Waals surface area contributed by atoms with Gasteiger partial charge in [0.1, 0.15) is 0 Å². The maximum atomic E-state index is 10.2. The van der Waals surface area contributed by atoms with Crippen LogP contribution in [0.5, 0.6) is 0 Å². The number of aromatic nitrogens is 2. The van der Waals surface area contributed by atoms with Gasteiger partial charge in [0.15, 0.2) is 0 Å². The van der Waals surface area contributed by atoms with E-state index in [0.29, 0.717) is 10.9 Å². The molecule has 3 nitrogen and oxygen atoms in total. The molecule has 0 spiro atoms. The Balaban J connectivity index is 2.19. The first-order valence-corrected chi connectivity index (χ1v) is 6.01. The van der Waals surface area contributed by atoms with Gasteiger partial charge < -0.3 is 5.11 Å². The molecule has 84 valence electrons. The van der Waals surface area contributed by atoms with Gasteiger partial charge in [0.05, 0.1) is 23.0 Å². The summed E-state index contributed by atoms with van der Waals surface area (Å²) < 4.78 is 1.84. The molecule has 0 aliphatic heterocycles. The highest BCUT2D eigenvalue weighted by Gasteiger charge is 2.30. The standard InChI is InChI=1S/C11H17ClN2O/c1-2-6-14-10(9(12)7-13-14)11(15)8-4-3-5-8/h7-8,11,15H,2-6H2,1H3. The first-order chi connectivity index (χ1) is 7.24. The molecule has 1 aromatic heterocycles. The predicted octanol–water partition coefficient (Wildman–Crippen LogP) is 2.78. The fourth-order valence-corrected chi connectivity index (χ4v) is 2.29.